The number of nitrogens with zero attached hydrogens (tertiary/aromatic N) is 4. The van der Waals surface area contributed by atoms with Gasteiger partial charge in [0.1, 0.15) is 11.3 Å². The molecule has 4 heterocycles. The highest BCUT2D eigenvalue weighted by molar-refractivity contribution is 7.14. The fraction of sp³-hybridized carbons (Fsp3) is 0.217. The van der Waals surface area contributed by atoms with Gasteiger partial charge in [0, 0.05) is 36.7 Å². The molecule has 1 N–H and O–H groups in total. The number of ether oxygens (including phenoxy) is 1. The number of thiazole rings is 1. The van der Waals surface area contributed by atoms with Gasteiger partial charge in [-0.2, -0.15) is 0 Å². The van der Waals surface area contributed by atoms with E-state index >= 15 is 0 Å². The van der Waals surface area contributed by atoms with Gasteiger partial charge in [0.15, 0.2) is 5.13 Å². The summed E-state index contributed by atoms with van der Waals surface area (Å²) in [6.45, 7) is 4.89. The summed E-state index contributed by atoms with van der Waals surface area (Å²) in [4.78, 5) is 25.7. The normalized spacial score (nSPS) is 11.4. The lowest BCUT2D eigenvalue weighted by atomic mass is 10.1. The van der Waals surface area contributed by atoms with Crippen molar-refractivity contribution in [3.8, 4) is 0 Å². The zero-order valence-electron chi connectivity index (χ0n) is 17.4. The monoisotopic (exact) mass is 433 g/mol. The van der Waals surface area contributed by atoms with Gasteiger partial charge in [-0.3, -0.25) is 20.1 Å². The number of aromatic nitrogens is 4. The van der Waals surface area contributed by atoms with E-state index in [1.807, 2.05) is 66.4 Å². The second-order valence-corrected chi connectivity index (χ2v) is 8.35. The highest BCUT2D eigenvalue weighted by Gasteiger charge is 2.25. The van der Waals surface area contributed by atoms with Crippen LogP contribution < -0.4 is 5.32 Å². The van der Waals surface area contributed by atoms with Crippen molar-refractivity contribution in [3.05, 3.63) is 95.3 Å². The quantitative estimate of drug-likeness (QED) is 0.443. The van der Waals surface area contributed by atoms with Crippen molar-refractivity contribution >= 4 is 22.4 Å². The molecule has 0 aliphatic carbocycles. The highest BCUT2D eigenvalue weighted by atomic mass is 32.1. The van der Waals surface area contributed by atoms with E-state index in [1.165, 1.54) is 11.3 Å². The van der Waals surface area contributed by atoms with E-state index in [0.717, 1.165) is 17.0 Å². The minimum absolute atomic E-state index is 0.202. The van der Waals surface area contributed by atoms with Gasteiger partial charge in [-0.25, -0.2) is 4.98 Å². The third-order valence-electron chi connectivity index (χ3n) is 4.81. The first-order valence-corrected chi connectivity index (χ1v) is 10.7. The van der Waals surface area contributed by atoms with Crippen LogP contribution in [-0.2, 0) is 23.5 Å². The Balaban J connectivity index is 1.41. The van der Waals surface area contributed by atoms with Crippen molar-refractivity contribution in [2.75, 3.05) is 5.32 Å². The number of carbonyl (C=O) groups is 1. The van der Waals surface area contributed by atoms with Crippen LogP contribution in [-0.4, -0.2) is 25.4 Å². The van der Waals surface area contributed by atoms with Crippen LogP contribution in [0.15, 0.2) is 72.6 Å². The Morgan fingerprint density at radius 1 is 1.13 bits per heavy atom. The van der Waals surface area contributed by atoms with Crippen molar-refractivity contribution in [1.29, 1.82) is 0 Å². The van der Waals surface area contributed by atoms with Gasteiger partial charge >= 0.3 is 0 Å². The molecule has 0 saturated carbocycles. The topological polar surface area (TPSA) is 81.9 Å². The smallest absolute Gasteiger partial charge is 0.274 e. The molecule has 158 valence electrons. The maximum atomic E-state index is 12.8. The van der Waals surface area contributed by atoms with Crippen LogP contribution in [0.2, 0.25) is 0 Å². The molecule has 8 heteroatoms. The number of nitrogens with one attached hydrogen (secondary N) is 1. The van der Waals surface area contributed by atoms with E-state index in [9.17, 15) is 4.79 Å². The van der Waals surface area contributed by atoms with Crippen molar-refractivity contribution < 1.29 is 9.53 Å². The van der Waals surface area contributed by atoms with Crippen LogP contribution in [0, 0.1) is 0 Å². The molecule has 0 spiro atoms. The summed E-state index contributed by atoms with van der Waals surface area (Å²) in [5.41, 5.74) is 2.64. The second kappa shape index (κ2) is 9.20. The Morgan fingerprint density at radius 3 is 2.74 bits per heavy atom. The SMILES string of the molecule is CC(C)(OCc1ccccn1)c1csc(NC(=O)c2cccn2Cc2ccncc2)n1. The third kappa shape index (κ3) is 5.22. The van der Waals surface area contributed by atoms with E-state index in [4.69, 9.17) is 4.74 Å². The third-order valence-corrected chi connectivity index (χ3v) is 5.57. The number of rotatable bonds is 8. The van der Waals surface area contributed by atoms with Crippen molar-refractivity contribution in [3.63, 3.8) is 0 Å². The lowest BCUT2D eigenvalue weighted by molar-refractivity contribution is -0.0376. The van der Waals surface area contributed by atoms with Gasteiger partial charge in [0.2, 0.25) is 0 Å². The summed E-state index contributed by atoms with van der Waals surface area (Å²) in [5, 5.41) is 5.34. The number of hydrogen-bond donors (Lipinski definition) is 1. The molecule has 31 heavy (non-hydrogen) atoms. The predicted octanol–water partition coefficient (Wildman–Crippen LogP) is 4.49. The Hall–Kier alpha value is -3.36. The number of hydrogen-bond acceptors (Lipinski definition) is 6. The minimum Gasteiger partial charge on any atom is -0.363 e. The zero-order valence-corrected chi connectivity index (χ0v) is 18.2. The Morgan fingerprint density at radius 2 is 1.97 bits per heavy atom. The van der Waals surface area contributed by atoms with E-state index in [1.54, 1.807) is 24.7 Å². The Bertz CT molecular complexity index is 1140. The molecule has 1 amide bonds. The molecule has 0 fully saturated rings. The van der Waals surface area contributed by atoms with Gasteiger partial charge in [-0.15, -0.1) is 11.3 Å². The number of pyridine rings is 2. The molecule has 0 aliphatic rings. The van der Waals surface area contributed by atoms with E-state index in [-0.39, 0.29) is 5.91 Å². The highest BCUT2D eigenvalue weighted by Crippen LogP contribution is 2.29. The molecule has 0 aliphatic heterocycles. The average Bonchev–Trinajstić information content (AvgIpc) is 3.44. The summed E-state index contributed by atoms with van der Waals surface area (Å²) in [7, 11) is 0. The minimum atomic E-state index is -0.613. The Labute approximate surface area is 184 Å². The number of anilines is 1. The first-order valence-electron chi connectivity index (χ1n) is 9.86. The molecule has 0 unspecified atom stereocenters. The molecule has 0 bridgehead atoms. The lowest BCUT2D eigenvalue weighted by Crippen LogP contribution is -2.22. The fourth-order valence-electron chi connectivity index (χ4n) is 3.02. The maximum Gasteiger partial charge on any atom is 0.274 e. The fourth-order valence-corrected chi connectivity index (χ4v) is 3.89. The van der Waals surface area contributed by atoms with E-state index < -0.39 is 5.60 Å². The van der Waals surface area contributed by atoms with E-state index in [0.29, 0.717) is 24.0 Å². The standard InChI is InChI=1S/C23H23N5O2S/c1-23(2,30-15-18-6-3-4-10-25-18)20-16-31-22(26-20)27-21(29)19-7-5-13-28(19)14-17-8-11-24-12-9-17/h3-13,16H,14-15H2,1-2H3,(H,26,27,29). The van der Waals surface area contributed by atoms with Crippen molar-refractivity contribution in [1.82, 2.24) is 19.5 Å². The molecule has 4 rings (SSSR count). The van der Waals surface area contributed by atoms with E-state index in [2.05, 4.69) is 20.3 Å². The summed E-state index contributed by atoms with van der Waals surface area (Å²) in [6, 6.07) is 13.2. The van der Waals surface area contributed by atoms with Gasteiger partial charge < -0.3 is 9.30 Å². The average molecular weight is 434 g/mol. The molecule has 4 aromatic rings. The predicted molar refractivity (Wildman–Crippen MR) is 120 cm³/mol. The summed E-state index contributed by atoms with van der Waals surface area (Å²) < 4.78 is 7.94. The van der Waals surface area contributed by atoms with Crippen LogP contribution in [0.4, 0.5) is 5.13 Å². The van der Waals surface area contributed by atoms with Gasteiger partial charge in [-0.1, -0.05) is 6.07 Å². The number of amides is 1. The van der Waals surface area contributed by atoms with Crippen LogP contribution in [0.25, 0.3) is 0 Å². The van der Waals surface area contributed by atoms with Crippen LogP contribution in [0.1, 0.15) is 41.3 Å². The van der Waals surface area contributed by atoms with Gasteiger partial charge in [0.05, 0.1) is 18.0 Å². The first-order chi connectivity index (χ1) is 15.0. The number of carbonyl (C=O) groups excluding carboxylic acids is 1. The van der Waals surface area contributed by atoms with Crippen LogP contribution in [0.3, 0.4) is 0 Å². The lowest BCUT2D eigenvalue weighted by Gasteiger charge is -2.23. The van der Waals surface area contributed by atoms with Crippen LogP contribution in [0.5, 0.6) is 0 Å². The maximum absolute atomic E-state index is 12.8. The van der Waals surface area contributed by atoms with Gasteiger partial charge in [-0.05, 0) is 55.8 Å². The van der Waals surface area contributed by atoms with Crippen LogP contribution >= 0.6 is 11.3 Å². The zero-order chi connectivity index (χ0) is 21.7. The summed E-state index contributed by atoms with van der Waals surface area (Å²) in [5.74, 6) is -0.202. The van der Waals surface area contributed by atoms with Crippen molar-refractivity contribution in [2.45, 2.75) is 32.6 Å². The second-order valence-electron chi connectivity index (χ2n) is 7.49. The Kier molecular flexibility index (Phi) is 6.20. The summed E-state index contributed by atoms with van der Waals surface area (Å²) in [6.07, 6.45) is 7.12. The molecule has 0 atom stereocenters. The molecule has 0 radical (unpaired) electrons. The molecule has 4 aromatic heterocycles. The largest absolute Gasteiger partial charge is 0.363 e. The van der Waals surface area contributed by atoms with Gasteiger partial charge in [0.25, 0.3) is 5.91 Å². The molecule has 0 saturated heterocycles. The summed E-state index contributed by atoms with van der Waals surface area (Å²) >= 11 is 1.38. The molecule has 7 nitrogen and oxygen atoms in total. The van der Waals surface area contributed by atoms with Crippen molar-refractivity contribution in [2.24, 2.45) is 0 Å². The first kappa shape index (κ1) is 20.9. The molecule has 0 aromatic carbocycles. The molecular formula is C23H23N5O2S. The molecular weight excluding hydrogens is 410 g/mol.